The smallest absolute Gasteiger partial charge is 0.248 e. The normalized spacial score (nSPS) is 10.7. The first-order chi connectivity index (χ1) is 11.5. The number of nitrogens with two attached hydrogens (primary N) is 1. The van der Waals surface area contributed by atoms with Gasteiger partial charge in [0.2, 0.25) is 5.91 Å². The molecule has 0 fully saturated rings. The Bertz CT molecular complexity index is 698. The third kappa shape index (κ3) is 5.04. The molecule has 0 spiro atoms. The van der Waals surface area contributed by atoms with Gasteiger partial charge in [-0.3, -0.25) is 9.89 Å². The van der Waals surface area contributed by atoms with Crippen LogP contribution in [0.2, 0.25) is 0 Å². The number of carbonyl (C=O) groups excluding carboxylic acids is 1. The Balaban J connectivity index is 2.10. The van der Waals surface area contributed by atoms with Gasteiger partial charge >= 0.3 is 0 Å². The second-order valence-corrected chi connectivity index (χ2v) is 6.08. The number of carbonyl (C=O) groups is 1. The van der Waals surface area contributed by atoms with Crippen molar-refractivity contribution in [1.82, 2.24) is 15.1 Å². The first-order valence-electron chi connectivity index (χ1n) is 7.96. The van der Waals surface area contributed by atoms with Gasteiger partial charge in [0, 0.05) is 42.5 Å². The van der Waals surface area contributed by atoms with Crippen LogP contribution in [-0.2, 0) is 11.3 Å². The molecule has 128 valence electrons. The first kappa shape index (κ1) is 17.9. The van der Waals surface area contributed by atoms with Crippen LogP contribution in [0.3, 0.4) is 0 Å². The van der Waals surface area contributed by atoms with Gasteiger partial charge in [-0.05, 0) is 33.0 Å². The van der Waals surface area contributed by atoms with E-state index in [1.54, 1.807) is 6.08 Å². The number of allylic oxidation sites excluding steroid dienone is 1. The molecule has 6 heteroatoms. The molecule has 0 bridgehead atoms. The topological polar surface area (TPSA) is 87.0 Å². The van der Waals surface area contributed by atoms with E-state index in [2.05, 4.69) is 20.4 Å². The van der Waals surface area contributed by atoms with E-state index in [4.69, 9.17) is 5.73 Å². The standard InChI is InChI=1S/C18H25N5O/c1-13(2)10-17(24)21-16-6-4-14(5-7-16)18-15(11-20-22-18)12-23(3)9-8-19/h4-7,10-11H,8-9,12,19H2,1-3H3,(H,20,22)(H,21,24). The molecule has 1 aromatic heterocycles. The van der Waals surface area contributed by atoms with Crippen LogP contribution in [-0.4, -0.2) is 41.1 Å². The number of hydrogen-bond donors (Lipinski definition) is 3. The molecule has 1 aromatic carbocycles. The van der Waals surface area contributed by atoms with Crippen molar-refractivity contribution in [3.05, 3.63) is 47.7 Å². The molecule has 0 radical (unpaired) electrons. The maximum Gasteiger partial charge on any atom is 0.248 e. The molecule has 4 N–H and O–H groups in total. The minimum Gasteiger partial charge on any atom is -0.329 e. The van der Waals surface area contributed by atoms with E-state index in [-0.39, 0.29) is 5.91 Å². The van der Waals surface area contributed by atoms with Crippen molar-refractivity contribution in [3.63, 3.8) is 0 Å². The second-order valence-electron chi connectivity index (χ2n) is 6.08. The maximum atomic E-state index is 11.8. The lowest BCUT2D eigenvalue weighted by atomic mass is 10.1. The van der Waals surface area contributed by atoms with Crippen molar-refractivity contribution in [2.75, 3.05) is 25.5 Å². The summed E-state index contributed by atoms with van der Waals surface area (Å²) in [6.45, 7) is 6.03. The molecule has 2 aromatic rings. The Morgan fingerprint density at radius 3 is 2.67 bits per heavy atom. The zero-order valence-corrected chi connectivity index (χ0v) is 14.5. The monoisotopic (exact) mass is 327 g/mol. The lowest BCUT2D eigenvalue weighted by Crippen LogP contribution is -2.25. The Kier molecular flexibility index (Phi) is 6.28. The highest BCUT2D eigenvalue weighted by molar-refractivity contribution is 5.99. The van der Waals surface area contributed by atoms with Gasteiger partial charge < -0.3 is 16.0 Å². The molecular weight excluding hydrogens is 302 g/mol. The van der Waals surface area contributed by atoms with E-state index in [0.717, 1.165) is 41.2 Å². The molecular formula is C18H25N5O. The molecule has 2 rings (SSSR count). The summed E-state index contributed by atoms with van der Waals surface area (Å²) in [4.78, 5) is 13.9. The van der Waals surface area contributed by atoms with Crippen LogP contribution < -0.4 is 11.1 Å². The van der Waals surface area contributed by atoms with E-state index < -0.39 is 0 Å². The molecule has 0 saturated carbocycles. The number of aromatic amines is 1. The zero-order chi connectivity index (χ0) is 17.5. The average molecular weight is 327 g/mol. The van der Waals surface area contributed by atoms with Crippen LogP contribution in [0.1, 0.15) is 19.4 Å². The molecule has 1 heterocycles. The molecule has 6 nitrogen and oxygen atoms in total. The van der Waals surface area contributed by atoms with Gasteiger partial charge in [-0.2, -0.15) is 5.10 Å². The summed E-state index contributed by atoms with van der Waals surface area (Å²) in [5.74, 6) is -0.117. The number of nitrogens with one attached hydrogen (secondary N) is 2. The van der Waals surface area contributed by atoms with Gasteiger partial charge in [-0.1, -0.05) is 17.7 Å². The molecule has 0 saturated heterocycles. The Morgan fingerprint density at radius 2 is 2.04 bits per heavy atom. The molecule has 0 atom stereocenters. The molecule has 0 aliphatic heterocycles. The van der Waals surface area contributed by atoms with Crippen molar-refractivity contribution in [1.29, 1.82) is 0 Å². The fourth-order valence-electron chi connectivity index (χ4n) is 2.43. The average Bonchev–Trinajstić information content (AvgIpc) is 2.95. The summed E-state index contributed by atoms with van der Waals surface area (Å²) < 4.78 is 0. The predicted octanol–water partition coefficient (Wildman–Crippen LogP) is 2.37. The number of likely N-dealkylation sites (N-methyl/N-ethyl adjacent to an activating group) is 1. The molecule has 1 amide bonds. The highest BCUT2D eigenvalue weighted by Gasteiger charge is 2.10. The fourth-order valence-corrected chi connectivity index (χ4v) is 2.43. The number of nitrogens with zero attached hydrogens (tertiary/aromatic N) is 2. The number of rotatable bonds is 7. The van der Waals surface area contributed by atoms with Gasteiger partial charge in [0.1, 0.15) is 0 Å². The summed E-state index contributed by atoms with van der Waals surface area (Å²) in [5, 5.41) is 10.1. The first-order valence-corrected chi connectivity index (χ1v) is 7.96. The maximum absolute atomic E-state index is 11.8. The highest BCUT2D eigenvalue weighted by Crippen LogP contribution is 2.23. The third-order valence-electron chi connectivity index (χ3n) is 3.53. The predicted molar refractivity (Wildman–Crippen MR) is 97.5 cm³/mol. The fraction of sp³-hybridized carbons (Fsp3) is 0.333. The van der Waals surface area contributed by atoms with Crippen LogP contribution in [0, 0.1) is 0 Å². The van der Waals surface area contributed by atoms with Crippen LogP contribution in [0.25, 0.3) is 11.3 Å². The van der Waals surface area contributed by atoms with E-state index in [1.165, 1.54) is 0 Å². The molecule has 0 aliphatic rings. The molecule has 0 aliphatic carbocycles. The lowest BCUT2D eigenvalue weighted by molar-refractivity contribution is -0.111. The number of hydrogen-bond acceptors (Lipinski definition) is 4. The van der Waals surface area contributed by atoms with Gasteiger partial charge in [0.25, 0.3) is 0 Å². The number of benzene rings is 1. The van der Waals surface area contributed by atoms with Crippen LogP contribution in [0.5, 0.6) is 0 Å². The van der Waals surface area contributed by atoms with Crippen molar-refractivity contribution in [3.8, 4) is 11.3 Å². The van der Waals surface area contributed by atoms with Gasteiger partial charge in [0.15, 0.2) is 0 Å². The largest absolute Gasteiger partial charge is 0.329 e. The Hall–Kier alpha value is -2.44. The van der Waals surface area contributed by atoms with Crippen molar-refractivity contribution in [2.45, 2.75) is 20.4 Å². The highest BCUT2D eigenvalue weighted by atomic mass is 16.1. The van der Waals surface area contributed by atoms with Gasteiger partial charge in [0.05, 0.1) is 11.9 Å². The number of H-pyrrole nitrogens is 1. The Labute approximate surface area is 142 Å². The second kappa shape index (κ2) is 8.42. The van der Waals surface area contributed by atoms with Crippen LogP contribution in [0.4, 0.5) is 5.69 Å². The summed E-state index contributed by atoms with van der Waals surface area (Å²) >= 11 is 0. The zero-order valence-electron chi connectivity index (χ0n) is 14.5. The van der Waals surface area contributed by atoms with Crippen LogP contribution >= 0.6 is 0 Å². The van der Waals surface area contributed by atoms with Gasteiger partial charge in [-0.25, -0.2) is 0 Å². The molecule has 0 unspecified atom stereocenters. The summed E-state index contributed by atoms with van der Waals surface area (Å²) in [7, 11) is 2.03. The van der Waals surface area contributed by atoms with Crippen molar-refractivity contribution >= 4 is 11.6 Å². The quantitative estimate of drug-likeness (QED) is 0.681. The van der Waals surface area contributed by atoms with E-state index in [1.807, 2.05) is 51.4 Å². The summed E-state index contributed by atoms with van der Waals surface area (Å²) in [5.41, 5.74) is 10.5. The van der Waals surface area contributed by atoms with E-state index in [9.17, 15) is 4.79 Å². The van der Waals surface area contributed by atoms with Crippen molar-refractivity contribution in [2.24, 2.45) is 5.73 Å². The van der Waals surface area contributed by atoms with Gasteiger partial charge in [-0.15, -0.1) is 0 Å². The number of anilines is 1. The third-order valence-corrected chi connectivity index (χ3v) is 3.53. The minimum absolute atomic E-state index is 0.117. The minimum atomic E-state index is -0.117. The lowest BCUT2D eigenvalue weighted by Gasteiger charge is -2.15. The molecule has 24 heavy (non-hydrogen) atoms. The summed E-state index contributed by atoms with van der Waals surface area (Å²) in [6.07, 6.45) is 3.42. The van der Waals surface area contributed by atoms with Crippen LogP contribution in [0.15, 0.2) is 42.1 Å². The summed E-state index contributed by atoms with van der Waals surface area (Å²) in [6, 6.07) is 7.72. The van der Waals surface area contributed by atoms with Crippen molar-refractivity contribution < 1.29 is 4.79 Å². The Morgan fingerprint density at radius 1 is 1.33 bits per heavy atom. The van der Waals surface area contributed by atoms with E-state index >= 15 is 0 Å². The SMILES string of the molecule is CC(C)=CC(=O)Nc1ccc(-c2[nH]ncc2CN(C)CCN)cc1. The van der Waals surface area contributed by atoms with E-state index in [0.29, 0.717) is 6.54 Å². The number of aromatic nitrogens is 2. The number of amides is 1.